The first-order valence-electron chi connectivity index (χ1n) is 9.96. The number of ether oxygens (including phenoxy) is 2. The molecule has 0 saturated carbocycles. The van der Waals surface area contributed by atoms with Crippen LogP contribution in [-0.4, -0.2) is 42.8 Å². The van der Waals surface area contributed by atoms with Gasteiger partial charge >= 0.3 is 0 Å². The van der Waals surface area contributed by atoms with E-state index in [4.69, 9.17) is 21.1 Å². The average Bonchev–Trinajstić information content (AvgIpc) is 3.19. The monoisotopic (exact) mass is 488 g/mol. The Morgan fingerprint density at radius 2 is 1.78 bits per heavy atom. The summed E-state index contributed by atoms with van der Waals surface area (Å²) >= 11 is 7.49. The van der Waals surface area contributed by atoms with Crippen LogP contribution in [0.1, 0.15) is 0 Å². The molecule has 166 valence electrons. The van der Waals surface area contributed by atoms with Crippen LogP contribution in [0.15, 0.2) is 65.6 Å². The highest BCUT2D eigenvalue weighted by atomic mass is 35.5. The van der Waals surface area contributed by atoms with Gasteiger partial charge in [-0.15, -0.1) is 23.7 Å². The minimum atomic E-state index is -0.0564. The Balaban J connectivity index is 0.00000245. The first-order valence-corrected chi connectivity index (χ1v) is 11.2. The molecular weight excluding hydrogens is 467 g/mol. The van der Waals surface area contributed by atoms with Gasteiger partial charge in [0.2, 0.25) is 0 Å². The predicted octanol–water partition coefficient (Wildman–Crippen LogP) is 5.50. The van der Waals surface area contributed by atoms with Gasteiger partial charge < -0.3 is 9.47 Å². The lowest BCUT2D eigenvalue weighted by atomic mass is 10.2. The van der Waals surface area contributed by atoms with Crippen LogP contribution in [-0.2, 0) is 0 Å². The first kappa shape index (κ1) is 22.7. The molecule has 0 N–H and O–H groups in total. The SMILES string of the molecule is COc1cc(-n2ccc3cc(-c4ccc(Cl)cc4)sc3c2=O)ccc1OC1CN(C)C1.Cl. The van der Waals surface area contributed by atoms with E-state index in [0.29, 0.717) is 21.2 Å². The maximum absolute atomic E-state index is 13.3. The second kappa shape index (κ2) is 9.16. The lowest BCUT2D eigenvalue weighted by Gasteiger charge is -2.36. The standard InChI is InChI=1S/C24H21ClN2O3S.ClH/c1-26-13-19(14-26)30-20-8-7-18(12-21(20)29-2)27-10-9-16-11-22(31-23(16)24(27)28)15-3-5-17(25)6-4-15;/h3-12,19H,13-14H2,1-2H3;1H. The van der Waals surface area contributed by atoms with E-state index in [9.17, 15) is 4.79 Å². The van der Waals surface area contributed by atoms with Crippen LogP contribution < -0.4 is 15.0 Å². The van der Waals surface area contributed by atoms with Gasteiger partial charge in [-0.2, -0.15) is 0 Å². The van der Waals surface area contributed by atoms with Crippen molar-refractivity contribution < 1.29 is 9.47 Å². The number of likely N-dealkylation sites (tertiary alicyclic amines) is 1. The lowest BCUT2D eigenvalue weighted by Crippen LogP contribution is -2.51. The van der Waals surface area contributed by atoms with Crippen LogP contribution in [0, 0.1) is 0 Å². The number of nitrogens with zero attached hydrogens (tertiary/aromatic N) is 2. The largest absolute Gasteiger partial charge is 0.493 e. The summed E-state index contributed by atoms with van der Waals surface area (Å²) in [7, 11) is 3.67. The van der Waals surface area contributed by atoms with Gasteiger partial charge in [0, 0.05) is 40.6 Å². The van der Waals surface area contributed by atoms with Gasteiger partial charge in [0.15, 0.2) is 11.5 Å². The zero-order valence-corrected chi connectivity index (χ0v) is 20.0. The maximum atomic E-state index is 13.3. The van der Waals surface area contributed by atoms with Gasteiger partial charge in [-0.25, -0.2) is 0 Å². The second-order valence-electron chi connectivity index (χ2n) is 7.69. The number of hydrogen-bond donors (Lipinski definition) is 0. The molecule has 0 amide bonds. The van der Waals surface area contributed by atoms with E-state index in [0.717, 1.165) is 34.6 Å². The van der Waals surface area contributed by atoms with Crippen molar-refractivity contribution in [3.63, 3.8) is 0 Å². The molecule has 1 aliphatic heterocycles. The van der Waals surface area contributed by atoms with E-state index in [1.54, 1.807) is 17.9 Å². The quantitative estimate of drug-likeness (QED) is 0.372. The number of hydrogen-bond acceptors (Lipinski definition) is 5. The normalized spacial score (nSPS) is 14.1. The fraction of sp³-hybridized carbons (Fsp3) is 0.208. The highest BCUT2D eigenvalue weighted by molar-refractivity contribution is 7.22. The molecule has 0 spiro atoms. The van der Waals surface area contributed by atoms with Crippen molar-refractivity contribution in [2.75, 3.05) is 27.2 Å². The van der Waals surface area contributed by atoms with Crippen LogP contribution in [0.3, 0.4) is 0 Å². The minimum absolute atomic E-state index is 0. The molecule has 1 fully saturated rings. The van der Waals surface area contributed by atoms with Gasteiger partial charge in [0.1, 0.15) is 10.8 Å². The zero-order chi connectivity index (χ0) is 21.5. The number of benzene rings is 2. The van der Waals surface area contributed by atoms with E-state index in [-0.39, 0.29) is 24.1 Å². The highest BCUT2D eigenvalue weighted by Gasteiger charge is 2.26. The Morgan fingerprint density at radius 1 is 1.03 bits per heavy atom. The topological polar surface area (TPSA) is 43.7 Å². The van der Waals surface area contributed by atoms with Gasteiger partial charge in [-0.1, -0.05) is 23.7 Å². The molecule has 8 heteroatoms. The third-order valence-electron chi connectivity index (χ3n) is 5.46. The summed E-state index contributed by atoms with van der Waals surface area (Å²) in [6.07, 6.45) is 1.97. The molecular formula is C24H22Cl2N2O3S. The first-order chi connectivity index (χ1) is 15.0. The molecule has 4 aromatic rings. The summed E-state index contributed by atoms with van der Waals surface area (Å²) < 4.78 is 13.9. The fourth-order valence-corrected chi connectivity index (χ4v) is 5.00. The Bertz CT molecular complexity index is 1310. The molecule has 0 bridgehead atoms. The van der Waals surface area contributed by atoms with Crippen molar-refractivity contribution in [1.29, 1.82) is 0 Å². The van der Waals surface area contributed by atoms with Crippen molar-refractivity contribution >= 4 is 45.4 Å². The van der Waals surface area contributed by atoms with Gasteiger partial charge in [0.25, 0.3) is 5.56 Å². The van der Waals surface area contributed by atoms with Crippen LogP contribution in [0.2, 0.25) is 5.02 Å². The van der Waals surface area contributed by atoms with Crippen LogP contribution in [0.25, 0.3) is 26.2 Å². The number of rotatable bonds is 5. The molecule has 3 heterocycles. The Morgan fingerprint density at radius 3 is 2.47 bits per heavy atom. The number of aromatic nitrogens is 1. The van der Waals surface area contributed by atoms with Gasteiger partial charge in [0.05, 0.1) is 12.8 Å². The van der Waals surface area contributed by atoms with Crippen molar-refractivity contribution in [2.45, 2.75) is 6.10 Å². The van der Waals surface area contributed by atoms with E-state index in [2.05, 4.69) is 11.9 Å². The number of halogens is 2. The zero-order valence-electron chi connectivity index (χ0n) is 17.6. The van der Waals surface area contributed by atoms with Crippen LogP contribution in [0.5, 0.6) is 11.5 Å². The summed E-state index contributed by atoms with van der Waals surface area (Å²) in [4.78, 5) is 16.5. The molecule has 5 rings (SSSR count). The van der Waals surface area contributed by atoms with E-state index >= 15 is 0 Å². The van der Waals surface area contributed by atoms with E-state index in [1.165, 1.54) is 11.3 Å². The Hall–Kier alpha value is -2.51. The number of pyridine rings is 1. The van der Waals surface area contributed by atoms with Crippen molar-refractivity contribution in [1.82, 2.24) is 9.47 Å². The van der Waals surface area contributed by atoms with Crippen LogP contribution >= 0.6 is 35.3 Å². The average molecular weight is 489 g/mol. The van der Waals surface area contributed by atoms with Gasteiger partial charge in [-0.05, 0) is 49.0 Å². The number of likely N-dealkylation sites (N-methyl/N-ethyl adjacent to an activating group) is 1. The molecule has 0 atom stereocenters. The Kier molecular flexibility index (Phi) is 6.49. The fourth-order valence-electron chi connectivity index (χ4n) is 3.79. The van der Waals surface area contributed by atoms with Crippen LogP contribution in [0.4, 0.5) is 0 Å². The summed E-state index contributed by atoms with van der Waals surface area (Å²) in [5.74, 6) is 1.31. The third kappa shape index (κ3) is 4.24. The summed E-state index contributed by atoms with van der Waals surface area (Å²) in [6, 6.07) is 17.3. The molecule has 32 heavy (non-hydrogen) atoms. The predicted molar refractivity (Wildman–Crippen MR) is 134 cm³/mol. The summed E-state index contributed by atoms with van der Waals surface area (Å²) in [5, 5.41) is 1.62. The van der Waals surface area contributed by atoms with Crippen molar-refractivity contribution in [3.05, 3.63) is 76.2 Å². The smallest absolute Gasteiger partial charge is 0.273 e. The number of thiophene rings is 1. The summed E-state index contributed by atoms with van der Waals surface area (Å²) in [6.45, 7) is 1.80. The maximum Gasteiger partial charge on any atom is 0.273 e. The Labute approximate surface area is 201 Å². The third-order valence-corrected chi connectivity index (χ3v) is 6.90. The van der Waals surface area contributed by atoms with E-state index < -0.39 is 0 Å². The molecule has 5 nitrogen and oxygen atoms in total. The number of fused-ring (bicyclic) bond motifs is 1. The number of methoxy groups -OCH3 is 1. The molecule has 0 radical (unpaired) electrons. The molecule has 1 aliphatic rings. The van der Waals surface area contributed by atoms with E-state index in [1.807, 2.05) is 54.6 Å². The van der Waals surface area contributed by atoms with Crippen molar-refractivity contribution in [2.24, 2.45) is 0 Å². The molecule has 0 unspecified atom stereocenters. The van der Waals surface area contributed by atoms with Gasteiger partial charge in [-0.3, -0.25) is 14.3 Å². The summed E-state index contributed by atoms with van der Waals surface area (Å²) in [5.41, 5.74) is 1.73. The van der Waals surface area contributed by atoms with Crippen molar-refractivity contribution in [3.8, 4) is 27.6 Å². The minimum Gasteiger partial charge on any atom is -0.493 e. The molecule has 2 aromatic carbocycles. The molecule has 0 aliphatic carbocycles. The second-order valence-corrected chi connectivity index (χ2v) is 9.18. The molecule has 1 saturated heterocycles. The molecule has 2 aromatic heterocycles. The lowest BCUT2D eigenvalue weighted by molar-refractivity contribution is 0.0370. The highest BCUT2D eigenvalue weighted by Crippen LogP contribution is 2.34.